The highest BCUT2D eigenvalue weighted by atomic mass is 16.5. The molecule has 0 aromatic heterocycles. The third-order valence-corrected chi connectivity index (χ3v) is 2.01. The summed E-state index contributed by atoms with van der Waals surface area (Å²) >= 11 is 0. The monoisotopic (exact) mass is 197 g/mol. The molecule has 78 valence electrons. The van der Waals surface area contributed by atoms with Gasteiger partial charge in [-0.3, -0.25) is 0 Å². The minimum atomic E-state index is 0.159. The van der Waals surface area contributed by atoms with E-state index in [0.717, 1.165) is 5.56 Å². The molecular formula is C10H15NO3. The molecular weight excluding hydrogens is 182 g/mol. The largest absolute Gasteiger partial charge is 0.507 e. The van der Waals surface area contributed by atoms with E-state index in [4.69, 9.17) is 15.2 Å². The quantitative estimate of drug-likeness (QED) is 0.753. The topological polar surface area (TPSA) is 64.7 Å². The van der Waals surface area contributed by atoms with E-state index in [9.17, 15) is 5.11 Å². The Hall–Kier alpha value is -1.42. The molecule has 0 aliphatic rings. The molecule has 0 unspecified atom stereocenters. The maximum Gasteiger partial charge on any atom is 0.129 e. The van der Waals surface area contributed by atoms with Crippen molar-refractivity contribution in [1.29, 1.82) is 0 Å². The van der Waals surface area contributed by atoms with Gasteiger partial charge in [-0.2, -0.15) is 0 Å². The van der Waals surface area contributed by atoms with Crippen molar-refractivity contribution in [1.82, 2.24) is 0 Å². The Morgan fingerprint density at radius 2 is 2.00 bits per heavy atom. The molecule has 0 bridgehead atoms. The van der Waals surface area contributed by atoms with Gasteiger partial charge >= 0.3 is 0 Å². The normalized spacial score (nSPS) is 9.93. The van der Waals surface area contributed by atoms with Gasteiger partial charge in [-0.25, -0.2) is 0 Å². The number of phenols is 1. The number of rotatable bonds is 4. The predicted octanol–water partition coefficient (Wildman–Crippen LogP) is 0.911. The summed E-state index contributed by atoms with van der Waals surface area (Å²) in [6.45, 7) is 0.469. The van der Waals surface area contributed by atoms with E-state index in [-0.39, 0.29) is 5.75 Å². The van der Waals surface area contributed by atoms with Crippen LogP contribution < -0.4 is 15.2 Å². The third-order valence-electron chi connectivity index (χ3n) is 2.01. The Morgan fingerprint density at radius 3 is 2.50 bits per heavy atom. The summed E-state index contributed by atoms with van der Waals surface area (Å²) in [4.78, 5) is 0. The number of hydrogen-bond donors (Lipinski definition) is 2. The van der Waals surface area contributed by atoms with Crippen LogP contribution in [-0.2, 0) is 6.42 Å². The number of phenolic OH excluding ortho intramolecular Hbond substituents is 1. The number of benzene rings is 1. The first-order chi connectivity index (χ1) is 6.72. The Labute approximate surface area is 83.3 Å². The van der Waals surface area contributed by atoms with Gasteiger partial charge in [0.25, 0.3) is 0 Å². The van der Waals surface area contributed by atoms with Crippen LogP contribution in [0.4, 0.5) is 0 Å². The van der Waals surface area contributed by atoms with Crippen molar-refractivity contribution in [2.24, 2.45) is 5.73 Å². The van der Waals surface area contributed by atoms with Gasteiger partial charge in [0.15, 0.2) is 0 Å². The lowest BCUT2D eigenvalue weighted by Crippen LogP contribution is -2.04. The van der Waals surface area contributed by atoms with Gasteiger partial charge in [0.05, 0.1) is 14.2 Å². The van der Waals surface area contributed by atoms with Gasteiger partial charge in [-0.05, 0) is 13.0 Å². The minimum absolute atomic E-state index is 0.159. The van der Waals surface area contributed by atoms with Gasteiger partial charge in [-0.15, -0.1) is 0 Å². The van der Waals surface area contributed by atoms with Gasteiger partial charge in [-0.1, -0.05) is 0 Å². The molecule has 0 aliphatic heterocycles. The fraction of sp³-hybridized carbons (Fsp3) is 0.400. The molecule has 3 N–H and O–H groups in total. The maximum absolute atomic E-state index is 9.65. The number of methoxy groups -OCH3 is 2. The van der Waals surface area contributed by atoms with Crippen LogP contribution in [0.2, 0.25) is 0 Å². The number of hydrogen-bond acceptors (Lipinski definition) is 4. The fourth-order valence-electron chi connectivity index (χ4n) is 1.30. The van der Waals surface area contributed by atoms with Crippen molar-refractivity contribution >= 4 is 0 Å². The molecule has 4 nitrogen and oxygen atoms in total. The molecule has 0 atom stereocenters. The van der Waals surface area contributed by atoms with Crippen molar-refractivity contribution in [3.63, 3.8) is 0 Å². The van der Waals surface area contributed by atoms with Crippen LogP contribution in [0.15, 0.2) is 12.1 Å². The zero-order valence-electron chi connectivity index (χ0n) is 8.41. The summed E-state index contributed by atoms with van der Waals surface area (Å²) in [6, 6.07) is 3.28. The lowest BCUT2D eigenvalue weighted by Gasteiger charge is -2.11. The van der Waals surface area contributed by atoms with Crippen LogP contribution in [0.3, 0.4) is 0 Å². The predicted molar refractivity (Wildman–Crippen MR) is 54.0 cm³/mol. The number of aromatic hydroxyl groups is 1. The molecule has 4 heteroatoms. The molecule has 0 saturated carbocycles. The Kier molecular flexibility index (Phi) is 3.59. The van der Waals surface area contributed by atoms with Crippen molar-refractivity contribution in [3.8, 4) is 17.2 Å². The molecule has 14 heavy (non-hydrogen) atoms. The molecule has 1 aromatic rings. The van der Waals surface area contributed by atoms with E-state index >= 15 is 0 Å². The van der Waals surface area contributed by atoms with E-state index in [2.05, 4.69) is 0 Å². The molecule has 0 heterocycles. The Bertz CT molecular complexity index is 312. The first-order valence-electron chi connectivity index (χ1n) is 4.36. The van der Waals surface area contributed by atoms with E-state index in [0.29, 0.717) is 24.5 Å². The molecule has 0 fully saturated rings. The van der Waals surface area contributed by atoms with Crippen molar-refractivity contribution in [2.45, 2.75) is 6.42 Å². The molecule has 0 spiro atoms. The van der Waals surface area contributed by atoms with Gasteiger partial charge < -0.3 is 20.3 Å². The second-order valence-electron chi connectivity index (χ2n) is 2.87. The summed E-state index contributed by atoms with van der Waals surface area (Å²) in [5.74, 6) is 1.33. The first-order valence-corrected chi connectivity index (χ1v) is 4.36. The van der Waals surface area contributed by atoms with Crippen molar-refractivity contribution in [2.75, 3.05) is 20.8 Å². The van der Waals surface area contributed by atoms with Crippen LogP contribution in [-0.4, -0.2) is 25.9 Å². The second-order valence-corrected chi connectivity index (χ2v) is 2.87. The van der Waals surface area contributed by atoms with E-state index < -0.39 is 0 Å². The van der Waals surface area contributed by atoms with E-state index in [1.807, 2.05) is 0 Å². The van der Waals surface area contributed by atoms with Gasteiger partial charge in [0, 0.05) is 17.7 Å². The summed E-state index contributed by atoms with van der Waals surface area (Å²) in [6.07, 6.45) is 0.582. The minimum Gasteiger partial charge on any atom is -0.507 e. The molecule has 0 radical (unpaired) electrons. The summed E-state index contributed by atoms with van der Waals surface area (Å²) in [5.41, 5.74) is 6.14. The third kappa shape index (κ3) is 2.09. The van der Waals surface area contributed by atoms with Crippen LogP contribution in [0.25, 0.3) is 0 Å². The lowest BCUT2D eigenvalue weighted by molar-refractivity contribution is 0.379. The van der Waals surface area contributed by atoms with Gasteiger partial charge in [0.1, 0.15) is 17.2 Å². The smallest absolute Gasteiger partial charge is 0.129 e. The van der Waals surface area contributed by atoms with Crippen molar-refractivity contribution in [3.05, 3.63) is 17.7 Å². The highest BCUT2D eigenvalue weighted by Gasteiger charge is 2.10. The maximum atomic E-state index is 9.65. The molecule has 0 aliphatic carbocycles. The fourth-order valence-corrected chi connectivity index (χ4v) is 1.30. The Morgan fingerprint density at radius 1 is 1.29 bits per heavy atom. The molecule has 1 rings (SSSR count). The zero-order valence-corrected chi connectivity index (χ0v) is 8.41. The summed E-state index contributed by atoms with van der Waals surface area (Å²) < 4.78 is 10.1. The number of ether oxygens (including phenoxy) is 2. The SMILES string of the molecule is COc1cc(O)c(CCN)c(OC)c1. The first kappa shape index (κ1) is 10.7. The van der Waals surface area contributed by atoms with Crippen LogP contribution in [0.1, 0.15) is 5.56 Å². The second kappa shape index (κ2) is 4.72. The average Bonchev–Trinajstić information content (AvgIpc) is 2.20. The zero-order chi connectivity index (χ0) is 10.6. The van der Waals surface area contributed by atoms with Crippen LogP contribution in [0, 0.1) is 0 Å². The van der Waals surface area contributed by atoms with Crippen molar-refractivity contribution < 1.29 is 14.6 Å². The molecule has 0 amide bonds. The Balaban J connectivity index is 3.13. The summed E-state index contributed by atoms with van der Waals surface area (Å²) in [7, 11) is 3.09. The van der Waals surface area contributed by atoms with Crippen LogP contribution in [0.5, 0.6) is 17.2 Å². The number of nitrogens with two attached hydrogens (primary N) is 1. The average molecular weight is 197 g/mol. The van der Waals surface area contributed by atoms with E-state index in [1.54, 1.807) is 19.2 Å². The molecule has 1 aromatic carbocycles. The standard InChI is InChI=1S/C10H15NO3/c1-13-7-5-9(12)8(3-4-11)10(6-7)14-2/h5-6,12H,3-4,11H2,1-2H3. The highest BCUT2D eigenvalue weighted by Crippen LogP contribution is 2.33. The molecule has 0 saturated heterocycles. The van der Waals surface area contributed by atoms with Crippen LogP contribution >= 0.6 is 0 Å². The lowest BCUT2D eigenvalue weighted by atomic mass is 10.1. The highest BCUT2D eigenvalue weighted by molar-refractivity contribution is 5.50. The van der Waals surface area contributed by atoms with E-state index in [1.165, 1.54) is 7.11 Å². The summed E-state index contributed by atoms with van der Waals surface area (Å²) in [5, 5.41) is 9.65. The van der Waals surface area contributed by atoms with Gasteiger partial charge in [0.2, 0.25) is 0 Å².